The number of nitrogens with one attached hydrogen (secondary N) is 2. The van der Waals surface area contributed by atoms with E-state index in [2.05, 4.69) is 10.6 Å². The Hall–Kier alpha value is -4.26. The molecule has 4 rings (SSSR count). The number of benzene rings is 3. The molecule has 3 aromatic rings. The van der Waals surface area contributed by atoms with Gasteiger partial charge in [0.05, 0.1) is 18.2 Å². The Morgan fingerprint density at radius 3 is 2.02 bits per heavy atom. The predicted octanol–water partition coefficient (Wildman–Crippen LogP) is 6.76. The fourth-order valence-corrected chi connectivity index (χ4v) is 5.25. The zero-order valence-corrected chi connectivity index (χ0v) is 24.7. The van der Waals surface area contributed by atoms with Crippen LogP contribution in [0.1, 0.15) is 41.1 Å². The van der Waals surface area contributed by atoms with Gasteiger partial charge in [-0.3, -0.25) is 9.69 Å². The van der Waals surface area contributed by atoms with Crippen LogP contribution in [0.3, 0.4) is 0 Å². The molecule has 3 aromatic carbocycles. The van der Waals surface area contributed by atoms with Crippen LogP contribution in [0.15, 0.2) is 72.8 Å². The van der Waals surface area contributed by atoms with Crippen LogP contribution in [0.4, 0.5) is 36.8 Å². The Labute approximate surface area is 257 Å². The molecule has 1 aliphatic heterocycles. The quantitative estimate of drug-likeness (QED) is 0.255. The van der Waals surface area contributed by atoms with Crippen molar-refractivity contribution in [3.63, 3.8) is 0 Å². The number of hydrogen-bond acceptors (Lipinski definition) is 4. The van der Waals surface area contributed by atoms with Gasteiger partial charge in [-0.2, -0.15) is 26.3 Å². The topological polar surface area (TPSA) is 73.9 Å². The lowest BCUT2D eigenvalue weighted by atomic mass is 9.98. The lowest BCUT2D eigenvalue weighted by Gasteiger charge is -2.38. The molecule has 3 amide bonds. The van der Waals surface area contributed by atoms with Crippen molar-refractivity contribution in [3.05, 3.63) is 95.1 Å². The number of amides is 3. The second-order valence-electron chi connectivity index (χ2n) is 10.9. The maximum absolute atomic E-state index is 13.8. The summed E-state index contributed by atoms with van der Waals surface area (Å²) in [6.45, 7) is 0.842. The average Bonchev–Trinajstić information content (AvgIpc) is 3.00. The summed E-state index contributed by atoms with van der Waals surface area (Å²) in [7, 11) is 3.03. The zero-order chi connectivity index (χ0) is 32.8. The van der Waals surface area contributed by atoms with Gasteiger partial charge >= 0.3 is 18.4 Å². The highest BCUT2D eigenvalue weighted by Crippen LogP contribution is 2.36. The Morgan fingerprint density at radius 1 is 0.911 bits per heavy atom. The first kappa shape index (κ1) is 33.6. The number of carbonyl (C=O) groups is 2. The first-order valence-electron chi connectivity index (χ1n) is 14.3. The summed E-state index contributed by atoms with van der Waals surface area (Å²) >= 11 is 0. The van der Waals surface area contributed by atoms with E-state index in [4.69, 9.17) is 4.74 Å². The third-order valence-electron chi connectivity index (χ3n) is 7.69. The number of piperidine rings is 1. The Morgan fingerprint density at radius 2 is 1.49 bits per heavy atom. The SMILES string of the molecule is COc1ccc(NC(=O)NC2CCN([C@H](C(=O)N(C)CCc3cc(C(F)(F)F)cc(C(F)(F)F)c3)c3ccccc3)CC2)cc1. The summed E-state index contributed by atoms with van der Waals surface area (Å²) < 4.78 is 85.0. The number of methoxy groups -OCH3 is 1. The summed E-state index contributed by atoms with van der Waals surface area (Å²) in [6.07, 6.45) is -8.99. The summed E-state index contributed by atoms with van der Waals surface area (Å²) in [5.74, 6) is 0.320. The van der Waals surface area contributed by atoms with E-state index < -0.39 is 29.5 Å². The number of halogens is 6. The van der Waals surface area contributed by atoms with Gasteiger partial charge in [-0.25, -0.2) is 4.79 Å². The largest absolute Gasteiger partial charge is 0.497 e. The number of anilines is 1. The second-order valence-corrected chi connectivity index (χ2v) is 10.9. The van der Waals surface area contributed by atoms with Crippen LogP contribution in [0.5, 0.6) is 5.75 Å². The minimum atomic E-state index is -4.95. The molecule has 7 nitrogen and oxygen atoms in total. The number of hydrogen-bond donors (Lipinski definition) is 2. The molecule has 0 spiro atoms. The number of rotatable bonds is 9. The molecule has 45 heavy (non-hydrogen) atoms. The van der Waals surface area contributed by atoms with E-state index in [1.54, 1.807) is 61.7 Å². The molecule has 0 aliphatic carbocycles. The van der Waals surface area contributed by atoms with Gasteiger partial charge in [-0.15, -0.1) is 0 Å². The minimum Gasteiger partial charge on any atom is -0.497 e. The molecule has 1 fully saturated rings. The summed E-state index contributed by atoms with van der Waals surface area (Å²) in [5, 5.41) is 5.73. The Kier molecular flexibility index (Phi) is 10.6. The first-order valence-corrected chi connectivity index (χ1v) is 14.3. The molecule has 0 bridgehead atoms. The standard InChI is InChI=1S/C32H34F6N4O3/c1-41(15-12-21-18-23(31(33,34)35)20-24(19-21)32(36,37)38)29(43)28(22-6-4-3-5-7-22)42-16-13-26(14-17-42)40-30(44)39-25-8-10-27(45-2)11-9-25/h3-11,18-20,26,28H,12-17H2,1-2H3,(H2,39,40,44)/t28-/m0/s1. The fraction of sp³-hybridized carbons (Fsp3) is 0.375. The molecule has 242 valence electrons. The van der Waals surface area contributed by atoms with Crippen LogP contribution in [-0.2, 0) is 23.6 Å². The van der Waals surface area contributed by atoms with Gasteiger partial charge in [0.2, 0.25) is 5.91 Å². The number of carbonyl (C=O) groups excluding carboxylic acids is 2. The molecule has 1 aliphatic rings. The highest BCUT2D eigenvalue weighted by atomic mass is 19.4. The van der Waals surface area contributed by atoms with Crippen LogP contribution >= 0.6 is 0 Å². The molecule has 1 heterocycles. The van der Waals surface area contributed by atoms with Crippen molar-refractivity contribution in [2.24, 2.45) is 0 Å². The van der Waals surface area contributed by atoms with Gasteiger partial charge in [0.25, 0.3) is 0 Å². The molecule has 13 heteroatoms. The molecule has 0 saturated carbocycles. The molecule has 1 saturated heterocycles. The molecular formula is C32H34F6N4O3. The van der Waals surface area contributed by atoms with Gasteiger partial charge in [-0.1, -0.05) is 30.3 Å². The Balaban J connectivity index is 1.41. The van der Waals surface area contributed by atoms with Crippen LogP contribution in [0.25, 0.3) is 0 Å². The van der Waals surface area contributed by atoms with Gasteiger partial charge in [0.1, 0.15) is 11.8 Å². The van der Waals surface area contributed by atoms with Crippen molar-refractivity contribution in [1.29, 1.82) is 0 Å². The molecule has 0 unspecified atom stereocenters. The van der Waals surface area contributed by atoms with Crippen LogP contribution in [0.2, 0.25) is 0 Å². The third-order valence-corrected chi connectivity index (χ3v) is 7.69. The maximum Gasteiger partial charge on any atom is 0.416 e. The van der Waals surface area contributed by atoms with Crippen LogP contribution in [-0.4, -0.2) is 61.6 Å². The molecule has 0 radical (unpaired) electrons. The van der Waals surface area contributed by atoms with Crippen LogP contribution in [0, 0.1) is 0 Å². The highest BCUT2D eigenvalue weighted by molar-refractivity contribution is 5.89. The van der Waals surface area contributed by atoms with E-state index in [0.717, 1.165) is 0 Å². The summed E-state index contributed by atoms with van der Waals surface area (Å²) in [5.41, 5.74) is -1.65. The van der Waals surface area contributed by atoms with Crippen LogP contribution < -0.4 is 15.4 Å². The monoisotopic (exact) mass is 636 g/mol. The second kappa shape index (κ2) is 14.2. The van der Waals surface area contributed by atoms with Crippen molar-refractivity contribution >= 4 is 17.6 Å². The van der Waals surface area contributed by atoms with E-state index in [1.165, 1.54) is 11.9 Å². The highest BCUT2D eigenvalue weighted by Gasteiger charge is 2.37. The van der Waals surface area contributed by atoms with E-state index >= 15 is 0 Å². The molecule has 2 N–H and O–H groups in total. The lowest BCUT2D eigenvalue weighted by molar-refractivity contribution is -0.143. The number of alkyl halides is 6. The van der Waals surface area contributed by atoms with E-state index in [9.17, 15) is 35.9 Å². The number of likely N-dealkylation sites (N-methyl/N-ethyl adjacent to an activating group) is 1. The number of ether oxygens (including phenoxy) is 1. The van der Waals surface area contributed by atoms with Crippen molar-refractivity contribution in [2.45, 2.75) is 43.7 Å². The Bertz CT molecular complexity index is 1410. The predicted molar refractivity (Wildman–Crippen MR) is 157 cm³/mol. The zero-order valence-electron chi connectivity index (χ0n) is 24.7. The minimum absolute atomic E-state index is 0.0883. The fourth-order valence-electron chi connectivity index (χ4n) is 5.25. The third kappa shape index (κ3) is 9.13. The van der Waals surface area contributed by atoms with E-state index in [0.29, 0.717) is 55.1 Å². The van der Waals surface area contributed by atoms with Crippen molar-refractivity contribution in [1.82, 2.24) is 15.1 Å². The number of urea groups is 1. The van der Waals surface area contributed by atoms with Crippen molar-refractivity contribution < 1.29 is 40.7 Å². The maximum atomic E-state index is 13.8. The van der Waals surface area contributed by atoms with Gasteiger partial charge in [-0.05, 0) is 72.9 Å². The molecule has 1 atom stereocenters. The van der Waals surface area contributed by atoms with Crippen molar-refractivity contribution in [2.75, 3.05) is 39.1 Å². The lowest BCUT2D eigenvalue weighted by Crippen LogP contribution is -2.50. The van der Waals surface area contributed by atoms with E-state index in [1.807, 2.05) is 4.90 Å². The summed E-state index contributed by atoms with van der Waals surface area (Å²) in [4.78, 5) is 29.6. The average molecular weight is 637 g/mol. The number of nitrogens with zero attached hydrogens (tertiary/aromatic N) is 2. The van der Waals surface area contributed by atoms with Gasteiger partial charge in [0.15, 0.2) is 0 Å². The van der Waals surface area contributed by atoms with Gasteiger partial charge in [0, 0.05) is 38.4 Å². The molecular weight excluding hydrogens is 602 g/mol. The molecule has 0 aromatic heterocycles. The van der Waals surface area contributed by atoms with Gasteiger partial charge < -0.3 is 20.3 Å². The van der Waals surface area contributed by atoms with E-state index in [-0.39, 0.29) is 42.6 Å². The normalized spacial score (nSPS) is 15.3. The summed E-state index contributed by atoms with van der Waals surface area (Å²) in [6, 6.07) is 16.1. The number of likely N-dealkylation sites (tertiary alicyclic amines) is 1. The first-order chi connectivity index (χ1) is 21.2. The van der Waals surface area contributed by atoms with Crippen molar-refractivity contribution in [3.8, 4) is 5.75 Å². The smallest absolute Gasteiger partial charge is 0.416 e.